The van der Waals surface area contributed by atoms with E-state index in [1.165, 1.54) is 67.1 Å². The third-order valence-electron chi connectivity index (χ3n) is 5.95. The minimum absolute atomic E-state index is 0. The molecule has 4 aromatic carbocycles. The van der Waals surface area contributed by atoms with Gasteiger partial charge in [-0.15, -0.1) is 58.5 Å². The van der Waals surface area contributed by atoms with Crippen molar-refractivity contribution in [3.63, 3.8) is 0 Å². The maximum absolute atomic E-state index is 6.21. The van der Waals surface area contributed by atoms with Crippen LogP contribution in [0.3, 0.4) is 0 Å². The second-order valence-electron chi connectivity index (χ2n) is 9.03. The standard InChI is InChI=1S/C27H27OSi.2CH3.2ClH.Si.Zr/c1-29(2,3)28-16-15-21-17-19-9-5-7-12-23(19)27(21)25-14-8-13-24-22-11-6-4-10-20(22)18-26(24)25;;;;;;/h4-14,17-18,27H,15-16H2,1-3H3;2*1H3;2*1H;;/q3*-1;;;;. The Bertz CT molecular complexity index is 1260. The summed E-state index contributed by atoms with van der Waals surface area (Å²) in [6, 6.07) is 26.8. The predicted molar refractivity (Wildman–Crippen MR) is 160 cm³/mol. The fourth-order valence-corrected chi connectivity index (χ4v) is 5.42. The topological polar surface area (TPSA) is 9.23 Å². The molecule has 1 aliphatic carbocycles. The van der Waals surface area contributed by atoms with Gasteiger partial charge in [0.15, 0.2) is 8.32 Å². The van der Waals surface area contributed by atoms with Crippen LogP contribution in [0.5, 0.6) is 0 Å². The average Bonchev–Trinajstić information content (AvgIpc) is 3.32. The van der Waals surface area contributed by atoms with Gasteiger partial charge in [-0.3, -0.25) is 0 Å². The van der Waals surface area contributed by atoms with Crippen LogP contribution in [-0.2, 0) is 27.8 Å². The molecule has 0 saturated heterocycles. The monoisotopic (exact) mass is 615 g/mol. The van der Waals surface area contributed by atoms with Gasteiger partial charge >= 0.3 is 30.2 Å². The van der Waals surface area contributed by atoms with Gasteiger partial charge in [0.25, 0.3) is 0 Å². The summed E-state index contributed by atoms with van der Waals surface area (Å²) in [6.07, 6.45) is 3.38. The number of benzene rings is 3. The van der Waals surface area contributed by atoms with Crippen LogP contribution < -0.4 is 0 Å². The SMILES string of the molecule is C[Si](C)(C)OCCC1=Cc2ccccc2C1c1cccc2c1[cH-]c1ccccc12.Cl.Cl.[CH3-].[CH3-].[Si]=[Zr]. The maximum atomic E-state index is 6.21. The van der Waals surface area contributed by atoms with Gasteiger partial charge < -0.3 is 19.3 Å². The van der Waals surface area contributed by atoms with E-state index < -0.39 is 8.32 Å². The summed E-state index contributed by atoms with van der Waals surface area (Å²) < 4.78 is 6.21. The van der Waals surface area contributed by atoms with Crippen molar-refractivity contribution in [2.45, 2.75) is 32.0 Å². The predicted octanol–water partition coefficient (Wildman–Crippen LogP) is 8.84. The van der Waals surface area contributed by atoms with Crippen molar-refractivity contribution >= 4 is 67.6 Å². The summed E-state index contributed by atoms with van der Waals surface area (Å²) in [6.45, 7) is 10.7. The Kier molecular flexibility index (Phi) is 14.4. The van der Waals surface area contributed by atoms with Crippen LogP contribution in [0.15, 0.2) is 78.4 Å². The van der Waals surface area contributed by atoms with Crippen molar-refractivity contribution in [3.05, 3.63) is 110 Å². The Morgan fingerprint density at radius 3 is 2.14 bits per heavy atom. The first-order chi connectivity index (χ1) is 15.0. The summed E-state index contributed by atoms with van der Waals surface area (Å²) in [5.41, 5.74) is 5.67. The molecule has 0 fully saturated rings. The van der Waals surface area contributed by atoms with E-state index in [1.54, 1.807) is 0 Å². The van der Waals surface area contributed by atoms with Gasteiger partial charge in [-0.1, -0.05) is 77.9 Å². The van der Waals surface area contributed by atoms with Crippen LogP contribution >= 0.6 is 24.8 Å². The first-order valence-corrected chi connectivity index (χ1v) is 18.4. The van der Waals surface area contributed by atoms with Gasteiger partial charge in [0.1, 0.15) is 0 Å². The molecule has 0 aliphatic heterocycles. The fraction of sp³-hybridized carbons (Fsp3) is 0.207. The van der Waals surface area contributed by atoms with Crippen LogP contribution in [0, 0.1) is 14.9 Å². The Morgan fingerprint density at radius 2 is 1.43 bits per heavy atom. The Balaban J connectivity index is 0.00000188. The normalized spacial score (nSPS) is 13.7. The van der Waals surface area contributed by atoms with Crippen LogP contribution in [0.25, 0.3) is 27.6 Å². The Hall–Kier alpha value is -0.873. The van der Waals surface area contributed by atoms with E-state index in [9.17, 15) is 0 Å². The molecule has 0 heterocycles. The number of hydrogen-bond acceptors (Lipinski definition) is 1. The van der Waals surface area contributed by atoms with E-state index in [-0.39, 0.29) is 39.7 Å². The zero-order chi connectivity index (χ0) is 22.0. The van der Waals surface area contributed by atoms with E-state index >= 15 is 0 Å². The van der Waals surface area contributed by atoms with Crippen molar-refractivity contribution in [3.8, 4) is 0 Å². The fourth-order valence-electron chi connectivity index (χ4n) is 4.70. The molecule has 0 N–H and O–H groups in total. The third kappa shape index (κ3) is 7.34. The summed E-state index contributed by atoms with van der Waals surface area (Å²) >= 11 is 1.36. The van der Waals surface area contributed by atoms with Crippen LogP contribution in [-0.4, -0.2) is 21.8 Å². The number of rotatable bonds is 5. The quantitative estimate of drug-likeness (QED) is 0.161. The molecule has 1 atom stereocenters. The van der Waals surface area contributed by atoms with E-state index in [0.29, 0.717) is 5.92 Å². The van der Waals surface area contributed by atoms with Crippen LogP contribution in [0.2, 0.25) is 19.6 Å². The van der Waals surface area contributed by atoms with E-state index in [4.69, 9.17) is 4.43 Å². The Morgan fingerprint density at radius 1 is 0.829 bits per heavy atom. The molecule has 1 aliphatic rings. The molecule has 186 valence electrons. The third-order valence-corrected chi connectivity index (χ3v) is 7.02. The van der Waals surface area contributed by atoms with E-state index in [2.05, 4.69) is 105 Å². The summed E-state index contributed by atoms with van der Waals surface area (Å²) in [5, 5.41) is 5.42. The van der Waals surface area contributed by atoms with Gasteiger partial charge in [0, 0.05) is 12.5 Å². The zero-order valence-electron chi connectivity index (χ0n) is 21.2. The summed E-state index contributed by atoms with van der Waals surface area (Å²) in [4.78, 5) is 0. The first-order valence-electron chi connectivity index (χ1n) is 10.8. The van der Waals surface area contributed by atoms with Crippen molar-refractivity contribution in [2.75, 3.05) is 6.61 Å². The van der Waals surface area contributed by atoms with Gasteiger partial charge in [0.05, 0.1) is 0 Å². The van der Waals surface area contributed by atoms with Crippen molar-refractivity contribution in [2.24, 2.45) is 0 Å². The summed E-state index contributed by atoms with van der Waals surface area (Å²) in [5.74, 6) is 0.317. The molecule has 0 bridgehead atoms. The molecule has 4 aromatic rings. The molecule has 0 saturated carbocycles. The zero-order valence-corrected chi connectivity index (χ0v) is 27.3. The molecule has 1 nitrogen and oxygen atoms in total. The average molecular weight is 618 g/mol. The van der Waals surface area contributed by atoms with E-state index in [1.807, 2.05) is 0 Å². The molecular formula is C29H35Cl2OSi2Zr-3. The molecule has 2 radical (unpaired) electrons. The second-order valence-corrected chi connectivity index (χ2v) is 13.5. The van der Waals surface area contributed by atoms with Crippen LogP contribution in [0.1, 0.15) is 29.0 Å². The van der Waals surface area contributed by atoms with Gasteiger partial charge in [-0.25, -0.2) is 0 Å². The van der Waals surface area contributed by atoms with Gasteiger partial charge in [0.2, 0.25) is 0 Å². The minimum atomic E-state index is -1.50. The molecule has 5 rings (SSSR count). The first kappa shape index (κ1) is 34.1. The van der Waals surface area contributed by atoms with E-state index in [0.717, 1.165) is 13.0 Å². The molecular weight excluding hydrogens is 583 g/mol. The van der Waals surface area contributed by atoms with Crippen molar-refractivity contribution in [1.82, 2.24) is 0 Å². The molecule has 35 heavy (non-hydrogen) atoms. The molecule has 1 unspecified atom stereocenters. The van der Waals surface area contributed by atoms with Crippen molar-refractivity contribution in [1.29, 1.82) is 0 Å². The Labute approximate surface area is 242 Å². The summed E-state index contributed by atoms with van der Waals surface area (Å²) in [7, 11) is -1.50. The van der Waals surface area contributed by atoms with Crippen LogP contribution in [0.4, 0.5) is 0 Å². The molecule has 0 amide bonds. The van der Waals surface area contributed by atoms with Crippen molar-refractivity contribution < 1.29 is 27.8 Å². The molecule has 0 spiro atoms. The molecule has 0 aromatic heterocycles. The number of fused-ring (bicyclic) bond motifs is 4. The van der Waals surface area contributed by atoms with Gasteiger partial charge in [-0.2, -0.15) is 0 Å². The molecule has 6 heteroatoms. The number of halogens is 2. The van der Waals surface area contributed by atoms with Gasteiger partial charge in [-0.05, 0) is 37.2 Å². The second kappa shape index (κ2) is 14.8. The number of hydrogen-bond donors (Lipinski definition) is 0.